The molecule has 0 aromatic carbocycles. The summed E-state index contributed by atoms with van der Waals surface area (Å²) in [6.45, 7) is 4.12. The number of hydrogen-bond acceptors (Lipinski definition) is 2. The lowest BCUT2D eigenvalue weighted by Crippen LogP contribution is -2.29. The van der Waals surface area contributed by atoms with Gasteiger partial charge in [-0.15, -0.1) is 11.8 Å². The van der Waals surface area contributed by atoms with E-state index in [1.54, 1.807) is 0 Å². The summed E-state index contributed by atoms with van der Waals surface area (Å²) in [5.74, 6) is 2.08. The molecule has 0 bridgehead atoms. The molecule has 0 spiro atoms. The fourth-order valence-corrected chi connectivity index (χ4v) is 3.71. The molecule has 1 aliphatic rings. The summed E-state index contributed by atoms with van der Waals surface area (Å²) in [6.07, 6.45) is 1.13. The molecular weight excluding hydrogens is 152 g/mol. The topological polar surface area (TPSA) is 17.1 Å². The Labute approximate surface area is 63.1 Å². The monoisotopic (exact) mass is 164 g/mol. The van der Waals surface area contributed by atoms with Crippen LogP contribution < -0.4 is 0 Å². The fourth-order valence-electron chi connectivity index (χ4n) is 0.819. The molecule has 1 atom stereocenters. The smallest absolute Gasteiger partial charge is 0.0852 e. The van der Waals surface area contributed by atoms with Gasteiger partial charge in [0.1, 0.15) is 0 Å². The van der Waals surface area contributed by atoms with E-state index in [9.17, 15) is 4.21 Å². The van der Waals surface area contributed by atoms with Gasteiger partial charge < -0.3 is 0 Å². The third kappa shape index (κ3) is 1.71. The highest BCUT2D eigenvalue weighted by molar-refractivity contribution is 8.13. The van der Waals surface area contributed by atoms with Crippen LogP contribution >= 0.6 is 11.8 Å². The number of rotatable bonds is 0. The van der Waals surface area contributed by atoms with E-state index in [1.807, 2.05) is 11.8 Å². The molecule has 1 heterocycles. The molecular formula is C6H12OS2. The van der Waals surface area contributed by atoms with E-state index < -0.39 is 10.8 Å². The van der Waals surface area contributed by atoms with Gasteiger partial charge in [0.2, 0.25) is 0 Å². The van der Waals surface area contributed by atoms with Crippen molar-refractivity contribution >= 4 is 22.6 Å². The first-order valence-electron chi connectivity index (χ1n) is 3.15. The summed E-state index contributed by atoms with van der Waals surface area (Å²) in [5.41, 5.74) is 0. The van der Waals surface area contributed by atoms with Crippen LogP contribution in [-0.2, 0) is 10.8 Å². The second-order valence-electron chi connectivity index (χ2n) is 2.65. The summed E-state index contributed by atoms with van der Waals surface area (Å²) >= 11 is 1.83. The predicted octanol–water partition coefficient (Wildman–Crippen LogP) is 1.61. The zero-order valence-electron chi connectivity index (χ0n) is 5.85. The minimum Gasteiger partial charge on any atom is -0.258 e. The molecule has 1 fully saturated rings. The van der Waals surface area contributed by atoms with Crippen molar-refractivity contribution in [2.75, 3.05) is 11.5 Å². The van der Waals surface area contributed by atoms with Gasteiger partial charge in [-0.05, 0) is 26.0 Å². The largest absolute Gasteiger partial charge is 0.258 e. The minimum atomic E-state index is -0.588. The third-order valence-corrected chi connectivity index (χ3v) is 5.33. The molecule has 1 saturated heterocycles. The van der Waals surface area contributed by atoms with Gasteiger partial charge in [0.05, 0.1) is 4.08 Å². The van der Waals surface area contributed by atoms with Crippen LogP contribution in [0, 0.1) is 0 Å². The van der Waals surface area contributed by atoms with Gasteiger partial charge in [0.15, 0.2) is 0 Å². The molecule has 9 heavy (non-hydrogen) atoms. The first-order chi connectivity index (χ1) is 4.13. The van der Waals surface area contributed by atoms with E-state index in [0.717, 1.165) is 12.2 Å². The van der Waals surface area contributed by atoms with Crippen LogP contribution in [0.1, 0.15) is 20.3 Å². The van der Waals surface area contributed by atoms with E-state index in [4.69, 9.17) is 0 Å². The van der Waals surface area contributed by atoms with Crippen molar-refractivity contribution in [3.63, 3.8) is 0 Å². The Kier molecular flexibility index (Phi) is 2.22. The summed E-state index contributed by atoms with van der Waals surface area (Å²) in [4.78, 5) is 0. The van der Waals surface area contributed by atoms with E-state index in [-0.39, 0.29) is 4.08 Å². The summed E-state index contributed by atoms with van der Waals surface area (Å²) in [7, 11) is -0.588. The third-order valence-electron chi connectivity index (χ3n) is 1.47. The highest BCUT2D eigenvalue weighted by Crippen LogP contribution is 2.32. The van der Waals surface area contributed by atoms with Gasteiger partial charge in [-0.25, -0.2) is 0 Å². The normalized spacial score (nSPS) is 34.2. The highest BCUT2D eigenvalue weighted by atomic mass is 32.2. The van der Waals surface area contributed by atoms with Crippen molar-refractivity contribution in [2.45, 2.75) is 24.3 Å². The van der Waals surface area contributed by atoms with Crippen LogP contribution in [0.15, 0.2) is 0 Å². The molecule has 0 radical (unpaired) electrons. The molecule has 0 amide bonds. The summed E-state index contributed by atoms with van der Waals surface area (Å²) in [5, 5.41) is 0. The standard InChI is InChI=1S/C6H12OS2/c1-6(2)8-4-3-5-9(6)7/h3-5H2,1-2H3/t9-/m1/s1. The van der Waals surface area contributed by atoms with Crippen LogP contribution in [-0.4, -0.2) is 19.8 Å². The van der Waals surface area contributed by atoms with Crippen LogP contribution in [0.5, 0.6) is 0 Å². The maximum absolute atomic E-state index is 11.2. The molecule has 1 aliphatic heterocycles. The SMILES string of the molecule is CC1(C)SCCC[S@]1=O. The van der Waals surface area contributed by atoms with E-state index in [1.165, 1.54) is 5.75 Å². The van der Waals surface area contributed by atoms with Gasteiger partial charge in [0, 0.05) is 16.6 Å². The molecule has 0 unspecified atom stereocenters. The molecule has 1 nitrogen and oxygen atoms in total. The molecule has 0 saturated carbocycles. The second-order valence-corrected chi connectivity index (χ2v) is 6.75. The molecule has 54 valence electrons. The lowest BCUT2D eigenvalue weighted by molar-refractivity contribution is 0.669. The van der Waals surface area contributed by atoms with Crippen LogP contribution in [0.4, 0.5) is 0 Å². The summed E-state index contributed by atoms with van der Waals surface area (Å²) in [6, 6.07) is 0. The van der Waals surface area contributed by atoms with Gasteiger partial charge >= 0.3 is 0 Å². The first-order valence-corrected chi connectivity index (χ1v) is 5.46. The highest BCUT2D eigenvalue weighted by Gasteiger charge is 2.28. The van der Waals surface area contributed by atoms with E-state index in [2.05, 4.69) is 13.8 Å². The Hall–Kier alpha value is 0.500. The second kappa shape index (κ2) is 2.62. The van der Waals surface area contributed by atoms with Crippen LogP contribution in [0.3, 0.4) is 0 Å². The first kappa shape index (κ1) is 7.61. The molecule has 0 aliphatic carbocycles. The zero-order chi connectivity index (χ0) is 6.91. The minimum absolute atomic E-state index is 0.0260. The average Bonchev–Trinajstić information content (AvgIpc) is 1.77. The zero-order valence-corrected chi connectivity index (χ0v) is 7.48. The van der Waals surface area contributed by atoms with Gasteiger partial charge in [0.25, 0.3) is 0 Å². The van der Waals surface area contributed by atoms with Crippen LogP contribution in [0.25, 0.3) is 0 Å². The Bertz CT molecular complexity index is 131. The van der Waals surface area contributed by atoms with Gasteiger partial charge in [-0.1, -0.05) is 0 Å². The summed E-state index contributed by atoms with van der Waals surface area (Å²) < 4.78 is 11.2. The molecule has 1 rings (SSSR count). The Morgan fingerprint density at radius 3 is 2.56 bits per heavy atom. The van der Waals surface area contributed by atoms with E-state index in [0.29, 0.717) is 0 Å². The van der Waals surface area contributed by atoms with Crippen molar-refractivity contribution < 1.29 is 4.21 Å². The Morgan fingerprint density at radius 2 is 2.22 bits per heavy atom. The van der Waals surface area contributed by atoms with Crippen molar-refractivity contribution in [3.05, 3.63) is 0 Å². The number of hydrogen-bond donors (Lipinski definition) is 0. The van der Waals surface area contributed by atoms with Crippen molar-refractivity contribution in [2.24, 2.45) is 0 Å². The fraction of sp³-hybridized carbons (Fsp3) is 1.00. The van der Waals surface area contributed by atoms with Crippen molar-refractivity contribution in [1.29, 1.82) is 0 Å². The molecule has 0 aromatic rings. The maximum Gasteiger partial charge on any atom is 0.0852 e. The molecule has 3 heteroatoms. The predicted molar refractivity (Wildman–Crippen MR) is 44.2 cm³/mol. The lowest BCUT2D eigenvalue weighted by Gasteiger charge is -2.27. The quantitative estimate of drug-likeness (QED) is 0.541. The number of thioether (sulfide) groups is 1. The molecule has 0 N–H and O–H groups in total. The Balaban J connectivity index is 2.60. The molecule has 0 aromatic heterocycles. The van der Waals surface area contributed by atoms with Crippen molar-refractivity contribution in [1.82, 2.24) is 0 Å². The van der Waals surface area contributed by atoms with E-state index >= 15 is 0 Å². The maximum atomic E-state index is 11.2. The average molecular weight is 164 g/mol. The van der Waals surface area contributed by atoms with Gasteiger partial charge in [-0.3, -0.25) is 4.21 Å². The van der Waals surface area contributed by atoms with Crippen LogP contribution in [0.2, 0.25) is 0 Å². The van der Waals surface area contributed by atoms with Gasteiger partial charge in [-0.2, -0.15) is 0 Å². The lowest BCUT2D eigenvalue weighted by atomic mass is 10.5. The van der Waals surface area contributed by atoms with Crippen molar-refractivity contribution in [3.8, 4) is 0 Å². The Morgan fingerprint density at radius 1 is 1.56 bits per heavy atom.